The van der Waals surface area contributed by atoms with Crippen molar-refractivity contribution < 1.29 is 0 Å². The van der Waals surface area contributed by atoms with Gasteiger partial charge in [0.25, 0.3) is 0 Å². The molecule has 7 heteroatoms. The second kappa shape index (κ2) is 5.88. The first-order valence-electron chi connectivity index (χ1n) is 8.06. The number of hydrogen-bond donors (Lipinski definition) is 1. The molecular weight excluding hydrogens is 308 g/mol. The van der Waals surface area contributed by atoms with Crippen molar-refractivity contribution in [3.8, 4) is 0 Å². The summed E-state index contributed by atoms with van der Waals surface area (Å²) in [4.78, 5) is 9.73. The van der Waals surface area contributed by atoms with E-state index < -0.39 is 0 Å². The fourth-order valence-electron chi connectivity index (χ4n) is 3.18. The molecule has 0 bridgehead atoms. The summed E-state index contributed by atoms with van der Waals surface area (Å²) in [6, 6.07) is 2.08. The van der Waals surface area contributed by atoms with E-state index in [1.54, 1.807) is 17.7 Å². The highest BCUT2D eigenvalue weighted by atomic mass is 32.1. The van der Waals surface area contributed by atoms with Crippen LogP contribution in [0.3, 0.4) is 0 Å². The summed E-state index contributed by atoms with van der Waals surface area (Å²) in [5, 5.41) is 15.4. The Labute approximate surface area is 139 Å². The summed E-state index contributed by atoms with van der Waals surface area (Å²) in [6.07, 6.45) is 3.78. The molecule has 0 amide bonds. The summed E-state index contributed by atoms with van der Waals surface area (Å²) in [7, 11) is 0. The van der Waals surface area contributed by atoms with E-state index in [0.717, 1.165) is 53.6 Å². The van der Waals surface area contributed by atoms with Gasteiger partial charge in [-0.05, 0) is 23.8 Å². The largest absolute Gasteiger partial charge is 0.369 e. The number of aromatic nitrogens is 5. The zero-order valence-electron chi connectivity index (χ0n) is 13.4. The van der Waals surface area contributed by atoms with Gasteiger partial charge in [-0.15, -0.1) is 21.5 Å². The highest BCUT2D eigenvalue weighted by Gasteiger charge is 2.24. The molecule has 0 spiro atoms. The van der Waals surface area contributed by atoms with Crippen molar-refractivity contribution in [3.63, 3.8) is 0 Å². The lowest BCUT2D eigenvalue weighted by Crippen LogP contribution is -2.27. The minimum Gasteiger partial charge on any atom is -0.369 e. The second-order valence-electron chi connectivity index (χ2n) is 6.39. The molecule has 0 radical (unpaired) electrons. The molecule has 0 unspecified atom stereocenters. The molecule has 4 rings (SSSR count). The van der Waals surface area contributed by atoms with E-state index in [1.807, 2.05) is 0 Å². The van der Waals surface area contributed by atoms with Crippen LogP contribution >= 0.6 is 11.3 Å². The van der Waals surface area contributed by atoms with Gasteiger partial charge in [0.2, 0.25) is 0 Å². The van der Waals surface area contributed by atoms with E-state index in [-0.39, 0.29) is 0 Å². The summed E-state index contributed by atoms with van der Waals surface area (Å²) < 4.78 is 2.31. The lowest BCUT2D eigenvalue weighted by Gasteiger charge is -2.25. The van der Waals surface area contributed by atoms with E-state index in [9.17, 15) is 0 Å². The third-order valence-electron chi connectivity index (χ3n) is 4.41. The minimum atomic E-state index is 0.412. The number of nitrogens with one attached hydrogen (secondary N) is 1. The lowest BCUT2D eigenvalue weighted by atomic mass is 9.98. The molecule has 6 nitrogen and oxygen atoms in total. The van der Waals surface area contributed by atoms with Crippen LogP contribution in [-0.4, -0.2) is 31.3 Å². The predicted molar refractivity (Wildman–Crippen MR) is 91.8 cm³/mol. The summed E-state index contributed by atoms with van der Waals surface area (Å²) in [5.41, 5.74) is 0. The molecular formula is C16H20N6S. The van der Waals surface area contributed by atoms with Crippen LogP contribution in [0.5, 0.6) is 0 Å². The number of anilines is 1. The first kappa shape index (κ1) is 14.6. The van der Waals surface area contributed by atoms with Crippen LogP contribution in [0, 0.1) is 5.92 Å². The van der Waals surface area contributed by atoms with E-state index >= 15 is 0 Å². The Morgan fingerprint density at radius 1 is 1.35 bits per heavy atom. The Hall–Kier alpha value is -2.02. The Bertz CT molecular complexity index is 821. The number of nitrogens with zero attached hydrogens (tertiary/aromatic N) is 5. The zero-order valence-corrected chi connectivity index (χ0v) is 14.2. The fourth-order valence-corrected chi connectivity index (χ4v) is 3.91. The van der Waals surface area contributed by atoms with E-state index in [0.29, 0.717) is 11.8 Å². The van der Waals surface area contributed by atoms with Gasteiger partial charge in [-0.1, -0.05) is 13.8 Å². The van der Waals surface area contributed by atoms with Crippen molar-refractivity contribution in [2.24, 2.45) is 5.92 Å². The molecule has 0 aromatic carbocycles. The molecule has 3 aromatic heterocycles. The molecule has 3 aromatic rings. The van der Waals surface area contributed by atoms with Gasteiger partial charge in [-0.3, -0.25) is 0 Å². The van der Waals surface area contributed by atoms with Crippen LogP contribution < -0.4 is 5.32 Å². The average molecular weight is 328 g/mol. The predicted octanol–water partition coefficient (Wildman–Crippen LogP) is 3.08. The Morgan fingerprint density at radius 3 is 3.13 bits per heavy atom. The average Bonchev–Trinajstić information content (AvgIpc) is 3.19. The first-order chi connectivity index (χ1) is 11.2. The van der Waals surface area contributed by atoms with Crippen LogP contribution in [0.2, 0.25) is 0 Å². The molecule has 0 fully saturated rings. The van der Waals surface area contributed by atoms with E-state index in [2.05, 4.69) is 55.3 Å². The van der Waals surface area contributed by atoms with Gasteiger partial charge < -0.3 is 9.88 Å². The van der Waals surface area contributed by atoms with Gasteiger partial charge in [-0.25, -0.2) is 9.97 Å². The van der Waals surface area contributed by atoms with Gasteiger partial charge in [-0.2, -0.15) is 0 Å². The van der Waals surface area contributed by atoms with Gasteiger partial charge >= 0.3 is 0 Å². The van der Waals surface area contributed by atoms with Crippen LogP contribution in [-0.2, 0) is 13.0 Å². The Kier molecular flexibility index (Phi) is 3.72. The molecule has 0 saturated carbocycles. The highest BCUT2D eigenvalue weighted by molar-refractivity contribution is 7.16. The van der Waals surface area contributed by atoms with Crippen molar-refractivity contribution in [3.05, 3.63) is 29.4 Å². The van der Waals surface area contributed by atoms with Crippen LogP contribution in [0.4, 0.5) is 5.82 Å². The topological polar surface area (TPSA) is 68.5 Å². The number of thiophene rings is 1. The maximum absolute atomic E-state index is 4.40. The Morgan fingerprint density at radius 2 is 2.26 bits per heavy atom. The van der Waals surface area contributed by atoms with Crippen molar-refractivity contribution in [2.75, 3.05) is 11.9 Å². The standard InChI is InChI=1S/C16H20N6S/c1-10(2)15-21-20-13-4-3-11(8-22(13)15)7-17-14-12-5-6-23-16(12)19-9-18-14/h5-6,9-11H,3-4,7-8H2,1-2H3,(H,17,18,19)/t11-/m0/s1. The lowest BCUT2D eigenvalue weighted by molar-refractivity contribution is 0.371. The number of hydrogen-bond acceptors (Lipinski definition) is 6. The summed E-state index contributed by atoms with van der Waals surface area (Å²) >= 11 is 1.65. The molecule has 1 atom stereocenters. The molecule has 0 saturated heterocycles. The summed E-state index contributed by atoms with van der Waals surface area (Å²) in [6.45, 7) is 6.25. The van der Waals surface area contributed by atoms with Crippen molar-refractivity contribution in [1.29, 1.82) is 0 Å². The SMILES string of the molecule is CC(C)c1nnc2n1C[C@H](CNc1ncnc3sccc13)CC2. The summed E-state index contributed by atoms with van der Waals surface area (Å²) in [5.74, 6) is 4.16. The normalized spacial score (nSPS) is 17.6. The molecule has 23 heavy (non-hydrogen) atoms. The van der Waals surface area contributed by atoms with Crippen LogP contribution in [0.1, 0.15) is 37.8 Å². The molecule has 1 N–H and O–H groups in total. The molecule has 4 heterocycles. The maximum Gasteiger partial charge on any atom is 0.138 e. The molecule has 1 aliphatic heterocycles. The Balaban J connectivity index is 1.48. The first-order valence-corrected chi connectivity index (χ1v) is 8.94. The third kappa shape index (κ3) is 2.69. The quantitative estimate of drug-likeness (QED) is 0.797. The van der Waals surface area contributed by atoms with Gasteiger partial charge in [0, 0.05) is 25.4 Å². The molecule has 120 valence electrons. The van der Waals surface area contributed by atoms with E-state index in [1.165, 1.54) is 0 Å². The van der Waals surface area contributed by atoms with Crippen molar-refractivity contribution >= 4 is 27.4 Å². The van der Waals surface area contributed by atoms with Gasteiger partial charge in [0.15, 0.2) is 0 Å². The van der Waals surface area contributed by atoms with Gasteiger partial charge in [0.1, 0.15) is 28.6 Å². The van der Waals surface area contributed by atoms with E-state index in [4.69, 9.17) is 0 Å². The van der Waals surface area contributed by atoms with Crippen LogP contribution in [0.25, 0.3) is 10.2 Å². The number of aryl methyl sites for hydroxylation is 1. The smallest absolute Gasteiger partial charge is 0.138 e. The van der Waals surface area contributed by atoms with Crippen LogP contribution in [0.15, 0.2) is 17.8 Å². The zero-order chi connectivity index (χ0) is 15.8. The number of rotatable bonds is 4. The highest BCUT2D eigenvalue weighted by Crippen LogP contribution is 2.26. The molecule has 0 aliphatic carbocycles. The second-order valence-corrected chi connectivity index (χ2v) is 7.28. The fraction of sp³-hybridized carbons (Fsp3) is 0.500. The monoisotopic (exact) mass is 328 g/mol. The van der Waals surface area contributed by atoms with Crippen molar-refractivity contribution in [2.45, 2.75) is 39.2 Å². The third-order valence-corrected chi connectivity index (χ3v) is 5.23. The number of fused-ring (bicyclic) bond motifs is 2. The van der Waals surface area contributed by atoms with Gasteiger partial charge in [0.05, 0.1) is 5.39 Å². The minimum absolute atomic E-state index is 0.412. The van der Waals surface area contributed by atoms with Crippen molar-refractivity contribution in [1.82, 2.24) is 24.7 Å². The molecule has 1 aliphatic rings. The maximum atomic E-state index is 4.40.